The molecule has 1 aliphatic rings. The van der Waals surface area contributed by atoms with E-state index in [4.69, 9.17) is 4.74 Å². The largest absolute Gasteiger partial charge is 0.488 e. The van der Waals surface area contributed by atoms with E-state index in [-0.39, 0.29) is 17.3 Å². The molecule has 3 aromatic rings. The fraction of sp³-hybridized carbons (Fsp3) is 0.0800. The smallest absolute Gasteiger partial charge is 0.294 e. The van der Waals surface area contributed by atoms with Crippen LogP contribution < -0.4 is 10.1 Å². The van der Waals surface area contributed by atoms with E-state index >= 15 is 0 Å². The van der Waals surface area contributed by atoms with Crippen LogP contribution in [0.5, 0.6) is 5.75 Å². The van der Waals surface area contributed by atoms with E-state index in [1.54, 1.807) is 42.5 Å². The highest BCUT2D eigenvalue weighted by atomic mass is 32.2. The van der Waals surface area contributed by atoms with Crippen LogP contribution in [0.2, 0.25) is 0 Å². The average molecular weight is 480 g/mol. The number of para-hydroxylation sites is 1. The third kappa shape index (κ3) is 5.49. The maximum absolute atomic E-state index is 13.9. The van der Waals surface area contributed by atoms with Crippen LogP contribution >= 0.6 is 11.8 Å². The quantitative estimate of drug-likeness (QED) is 0.470. The van der Waals surface area contributed by atoms with Gasteiger partial charge in [-0.1, -0.05) is 36.4 Å². The molecule has 34 heavy (non-hydrogen) atoms. The van der Waals surface area contributed by atoms with E-state index in [1.807, 2.05) is 0 Å². The van der Waals surface area contributed by atoms with Crippen molar-refractivity contribution in [2.24, 2.45) is 0 Å². The van der Waals surface area contributed by atoms with Gasteiger partial charge in [-0.2, -0.15) is 0 Å². The number of halogens is 2. The van der Waals surface area contributed by atoms with Gasteiger partial charge in [0.25, 0.3) is 11.1 Å². The second-order valence-corrected chi connectivity index (χ2v) is 8.23. The van der Waals surface area contributed by atoms with Crippen LogP contribution in [0.15, 0.2) is 77.7 Å². The molecule has 3 aromatic carbocycles. The molecule has 4 rings (SSSR count). The van der Waals surface area contributed by atoms with Crippen molar-refractivity contribution in [1.29, 1.82) is 0 Å². The van der Waals surface area contributed by atoms with E-state index in [1.165, 1.54) is 36.4 Å². The predicted molar refractivity (Wildman–Crippen MR) is 125 cm³/mol. The van der Waals surface area contributed by atoms with Crippen molar-refractivity contribution in [3.8, 4) is 5.75 Å². The van der Waals surface area contributed by atoms with Crippen LogP contribution in [0.1, 0.15) is 11.1 Å². The molecule has 172 valence electrons. The number of amides is 3. The highest BCUT2D eigenvalue weighted by Crippen LogP contribution is 2.34. The molecule has 1 heterocycles. The predicted octanol–water partition coefficient (Wildman–Crippen LogP) is 5.22. The number of imide groups is 1. The molecule has 0 radical (unpaired) electrons. The van der Waals surface area contributed by atoms with Crippen LogP contribution in [-0.2, 0) is 16.2 Å². The zero-order chi connectivity index (χ0) is 24.1. The first-order valence-corrected chi connectivity index (χ1v) is 11.0. The minimum atomic E-state index is -0.617. The molecule has 0 unspecified atom stereocenters. The number of ether oxygens (including phenoxy) is 1. The summed E-state index contributed by atoms with van der Waals surface area (Å²) in [6.45, 7) is -0.493. The van der Waals surface area contributed by atoms with Crippen LogP contribution in [0.4, 0.5) is 19.3 Å². The minimum absolute atomic E-state index is 0.0113. The van der Waals surface area contributed by atoms with Gasteiger partial charge in [0, 0.05) is 16.8 Å². The van der Waals surface area contributed by atoms with Crippen molar-refractivity contribution >= 4 is 40.6 Å². The van der Waals surface area contributed by atoms with E-state index in [2.05, 4.69) is 5.32 Å². The van der Waals surface area contributed by atoms with Gasteiger partial charge in [-0.05, 0) is 54.2 Å². The van der Waals surface area contributed by atoms with Gasteiger partial charge in [-0.3, -0.25) is 19.3 Å². The summed E-state index contributed by atoms with van der Waals surface area (Å²) >= 11 is 0.706. The van der Waals surface area contributed by atoms with Crippen molar-refractivity contribution in [3.63, 3.8) is 0 Å². The van der Waals surface area contributed by atoms with Crippen molar-refractivity contribution in [3.05, 3.63) is 100 Å². The van der Waals surface area contributed by atoms with E-state index < -0.39 is 29.4 Å². The van der Waals surface area contributed by atoms with Gasteiger partial charge in [0.15, 0.2) is 0 Å². The Bertz CT molecular complexity index is 1280. The molecular formula is C25H18F2N2O4S. The van der Waals surface area contributed by atoms with Gasteiger partial charge < -0.3 is 10.1 Å². The number of hydrogen-bond donors (Lipinski definition) is 1. The van der Waals surface area contributed by atoms with Gasteiger partial charge in [-0.15, -0.1) is 0 Å². The van der Waals surface area contributed by atoms with Gasteiger partial charge in [0.2, 0.25) is 5.91 Å². The maximum Gasteiger partial charge on any atom is 0.294 e. The molecule has 1 N–H and O–H groups in total. The van der Waals surface area contributed by atoms with Crippen LogP contribution in [0, 0.1) is 11.6 Å². The van der Waals surface area contributed by atoms with E-state index in [9.17, 15) is 23.2 Å². The maximum atomic E-state index is 13.9. The second kappa shape index (κ2) is 10.3. The number of thioether (sulfide) groups is 1. The fourth-order valence-electron chi connectivity index (χ4n) is 3.16. The topological polar surface area (TPSA) is 75.7 Å². The van der Waals surface area contributed by atoms with Crippen LogP contribution in [-0.4, -0.2) is 28.5 Å². The highest BCUT2D eigenvalue weighted by Gasteiger charge is 2.36. The molecule has 6 nitrogen and oxygen atoms in total. The summed E-state index contributed by atoms with van der Waals surface area (Å²) < 4.78 is 32.6. The zero-order valence-corrected chi connectivity index (χ0v) is 18.5. The summed E-state index contributed by atoms with van der Waals surface area (Å²) in [7, 11) is 0. The molecule has 0 aliphatic carbocycles. The fourth-order valence-corrected chi connectivity index (χ4v) is 3.99. The van der Waals surface area contributed by atoms with Gasteiger partial charge >= 0.3 is 0 Å². The summed E-state index contributed by atoms with van der Waals surface area (Å²) in [5.74, 6) is -1.64. The molecule has 0 bridgehead atoms. The summed E-state index contributed by atoms with van der Waals surface area (Å²) in [5, 5.41) is 1.93. The average Bonchev–Trinajstić information content (AvgIpc) is 3.08. The normalized spacial score (nSPS) is 14.5. The molecule has 3 amide bonds. The van der Waals surface area contributed by atoms with E-state index in [0.29, 0.717) is 34.3 Å². The lowest BCUT2D eigenvalue weighted by Crippen LogP contribution is -2.36. The molecule has 1 saturated heterocycles. The zero-order valence-electron chi connectivity index (χ0n) is 17.7. The summed E-state index contributed by atoms with van der Waals surface area (Å²) in [6.07, 6.45) is 1.50. The molecule has 0 atom stereocenters. The molecule has 0 spiro atoms. The number of benzene rings is 3. The number of nitrogens with one attached hydrogen (secondary N) is 1. The third-order valence-electron chi connectivity index (χ3n) is 4.85. The number of carbonyl (C=O) groups is 3. The Labute approximate surface area is 198 Å². The Morgan fingerprint density at radius 3 is 2.44 bits per heavy atom. The van der Waals surface area contributed by atoms with E-state index in [0.717, 1.165) is 4.90 Å². The van der Waals surface area contributed by atoms with Crippen molar-refractivity contribution in [2.45, 2.75) is 6.61 Å². The standard InChI is InChI=1S/C25H18F2N2O4S/c26-18-9-11-19(12-10-18)28-23(30)14-29-24(31)22(34-25(29)32)13-16-5-2-4-8-21(16)33-15-17-6-1-3-7-20(17)27/h1-13H,14-15H2,(H,28,30)/b22-13-. The highest BCUT2D eigenvalue weighted by molar-refractivity contribution is 8.18. The molecule has 0 saturated carbocycles. The molecule has 1 aliphatic heterocycles. The number of rotatable bonds is 7. The number of carbonyl (C=O) groups excluding carboxylic acids is 3. The molecule has 9 heteroatoms. The molecular weight excluding hydrogens is 462 g/mol. The van der Waals surface area contributed by atoms with Crippen molar-refractivity contribution in [1.82, 2.24) is 4.90 Å². The Kier molecular flexibility index (Phi) is 7.03. The number of hydrogen-bond acceptors (Lipinski definition) is 5. The monoisotopic (exact) mass is 480 g/mol. The second-order valence-electron chi connectivity index (χ2n) is 7.24. The minimum Gasteiger partial charge on any atom is -0.488 e. The van der Waals surface area contributed by atoms with Gasteiger partial charge in [-0.25, -0.2) is 8.78 Å². The summed E-state index contributed by atoms with van der Waals surface area (Å²) in [6, 6.07) is 18.2. The Morgan fingerprint density at radius 1 is 0.971 bits per heavy atom. The van der Waals surface area contributed by atoms with Gasteiger partial charge in [0.05, 0.1) is 4.91 Å². The molecule has 0 aromatic heterocycles. The number of nitrogens with zero attached hydrogens (tertiary/aromatic N) is 1. The van der Waals surface area contributed by atoms with Crippen LogP contribution in [0.3, 0.4) is 0 Å². The lowest BCUT2D eigenvalue weighted by molar-refractivity contribution is -0.127. The molecule has 1 fully saturated rings. The summed E-state index contributed by atoms with van der Waals surface area (Å²) in [5.41, 5.74) is 1.25. The van der Waals surface area contributed by atoms with Crippen LogP contribution in [0.25, 0.3) is 6.08 Å². The Morgan fingerprint density at radius 2 is 1.68 bits per heavy atom. The Hall–Kier alpha value is -3.98. The first-order chi connectivity index (χ1) is 16.4. The number of anilines is 1. The summed E-state index contributed by atoms with van der Waals surface area (Å²) in [4.78, 5) is 38.4. The lowest BCUT2D eigenvalue weighted by Gasteiger charge is -2.12. The first kappa shape index (κ1) is 23.2. The first-order valence-electron chi connectivity index (χ1n) is 10.2. The van der Waals surface area contributed by atoms with Crippen molar-refractivity contribution in [2.75, 3.05) is 11.9 Å². The Balaban J connectivity index is 1.45. The third-order valence-corrected chi connectivity index (χ3v) is 5.76. The van der Waals surface area contributed by atoms with Gasteiger partial charge in [0.1, 0.15) is 30.5 Å². The lowest BCUT2D eigenvalue weighted by atomic mass is 10.1. The van der Waals surface area contributed by atoms with Crippen molar-refractivity contribution < 1.29 is 27.9 Å². The SMILES string of the molecule is O=C(CN1C(=O)S/C(=C\c2ccccc2OCc2ccccc2F)C1=O)Nc1ccc(F)cc1.